The van der Waals surface area contributed by atoms with Crippen LogP contribution in [0.2, 0.25) is 0 Å². The molecule has 2 fully saturated rings. The summed E-state index contributed by atoms with van der Waals surface area (Å²) in [5.41, 5.74) is 2.04. The minimum atomic E-state index is -0.276. The Morgan fingerprint density at radius 3 is 2.44 bits per heavy atom. The number of methoxy groups -OCH3 is 1. The van der Waals surface area contributed by atoms with Crippen molar-refractivity contribution < 1.29 is 19.2 Å². The highest BCUT2D eigenvalue weighted by molar-refractivity contribution is 5.35. The largest absolute Gasteiger partial charge is 0.497 e. The molecule has 2 aliphatic heterocycles. The second kappa shape index (κ2) is 7.28. The van der Waals surface area contributed by atoms with Crippen LogP contribution in [0.5, 0.6) is 5.75 Å². The number of fused-ring (bicyclic) bond motifs is 1. The first-order chi connectivity index (χ1) is 12.3. The van der Waals surface area contributed by atoms with Crippen LogP contribution in [0, 0.1) is 23.7 Å². The molecule has 0 N–H and O–H groups in total. The van der Waals surface area contributed by atoms with Gasteiger partial charge in [0, 0.05) is 17.4 Å². The topological polar surface area (TPSA) is 36.9 Å². The molecule has 2 saturated heterocycles. The van der Waals surface area contributed by atoms with E-state index in [1.165, 1.54) is 0 Å². The van der Waals surface area contributed by atoms with E-state index in [9.17, 15) is 0 Å². The molecular formula is C21H20O4. The minimum Gasteiger partial charge on any atom is -0.497 e. The van der Waals surface area contributed by atoms with Crippen LogP contribution >= 0.6 is 0 Å². The summed E-state index contributed by atoms with van der Waals surface area (Å²) < 4.78 is 10.9. The predicted octanol–water partition coefficient (Wildman–Crippen LogP) is 3.38. The maximum Gasteiger partial charge on any atom is 0.159 e. The Hall–Kier alpha value is -2.32. The summed E-state index contributed by atoms with van der Waals surface area (Å²) in [5.74, 6) is 7.64. The van der Waals surface area contributed by atoms with E-state index in [-0.39, 0.29) is 24.0 Å². The molecule has 4 heteroatoms. The lowest BCUT2D eigenvalue weighted by Gasteiger charge is -2.35. The zero-order valence-electron chi connectivity index (χ0n) is 14.1. The van der Waals surface area contributed by atoms with Crippen molar-refractivity contribution in [1.82, 2.24) is 0 Å². The lowest BCUT2D eigenvalue weighted by molar-refractivity contribution is -0.387. The zero-order valence-corrected chi connectivity index (χ0v) is 14.1. The highest BCUT2D eigenvalue weighted by Crippen LogP contribution is 2.42. The van der Waals surface area contributed by atoms with Crippen molar-refractivity contribution in [3.63, 3.8) is 0 Å². The third kappa shape index (κ3) is 3.40. The van der Waals surface area contributed by atoms with E-state index in [1.54, 1.807) is 7.11 Å². The molecule has 4 rings (SSSR count). The molecule has 0 amide bonds. The van der Waals surface area contributed by atoms with Gasteiger partial charge < -0.3 is 9.47 Å². The van der Waals surface area contributed by atoms with Crippen molar-refractivity contribution in [3.05, 3.63) is 65.7 Å². The van der Waals surface area contributed by atoms with Crippen LogP contribution in [0.25, 0.3) is 0 Å². The Bertz CT molecular complexity index is 760. The van der Waals surface area contributed by atoms with Gasteiger partial charge in [0.25, 0.3) is 0 Å². The Morgan fingerprint density at radius 1 is 0.920 bits per heavy atom. The van der Waals surface area contributed by atoms with Gasteiger partial charge in [0.1, 0.15) is 11.9 Å². The van der Waals surface area contributed by atoms with Gasteiger partial charge in [-0.2, -0.15) is 0 Å². The van der Waals surface area contributed by atoms with Gasteiger partial charge in [-0.05, 0) is 29.8 Å². The van der Waals surface area contributed by atoms with Crippen LogP contribution in [0.3, 0.4) is 0 Å². The molecule has 0 aliphatic carbocycles. The number of ether oxygens (including phenoxy) is 2. The summed E-state index contributed by atoms with van der Waals surface area (Å²) >= 11 is 0. The van der Waals surface area contributed by atoms with Crippen LogP contribution in [0.1, 0.15) is 17.2 Å². The summed E-state index contributed by atoms with van der Waals surface area (Å²) in [6.45, 7) is 1.31. The molecule has 0 aromatic heterocycles. The highest BCUT2D eigenvalue weighted by atomic mass is 17.2. The average Bonchev–Trinajstić information content (AvgIpc) is 3.17. The maximum absolute atomic E-state index is 5.73. The number of hydrogen-bond donors (Lipinski definition) is 0. The van der Waals surface area contributed by atoms with Crippen LogP contribution < -0.4 is 4.74 Å². The van der Waals surface area contributed by atoms with Crippen LogP contribution in [-0.4, -0.2) is 26.4 Å². The van der Waals surface area contributed by atoms with Crippen LogP contribution in [0.15, 0.2) is 54.6 Å². The summed E-state index contributed by atoms with van der Waals surface area (Å²) in [7, 11) is 1.66. The summed E-state index contributed by atoms with van der Waals surface area (Å²) in [6.07, 6.45) is -0.421. The number of benzene rings is 2. The molecule has 0 radical (unpaired) electrons. The molecule has 25 heavy (non-hydrogen) atoms. The summed E-state index contributed by atoms with van der Waals surface area (Å²) in [4.78, 5) is 11.4. The molecule has 2 aromatic carbocycles. The van der Waals surface area contributed by atoms with E-state index in [4.69, 9.17) is 19.2 Å². The van der Waals surface area contributed by atoms with E-state index in [1.807, 2.05) is 54.6 Å². The van der Waals surface area contributed by atoms with Gasteiger partial charge in [-0.25, -0.2) is 9.78 Å². The van der Waals surface area contributed by atoms with Crippen molar-refractivity contribution in [2.45, 2.75) is 12.2 Å². The first-order valence-electron chi connectivity index (χ1n) is 8.45. The van der Waals surface area contributed by atoms with Crippen LogP contribution in [-0.2, 0) is 14.5 Å². The molecular weight excluding hydrogens is 316 g/mol. The maximum atomic E-state index is 5.73. The summed E-state index contributed by atoms with van der Waals surface area (Å²) in [5, 5.41) is 0. The van der Waals surface area contributed by atoms with Gasteiger partial charge >= 0.3 is 0 Å². The van der Waals surface area contributed by atoms with Gasteiger partial charge in [0.15, 0.2) is 6.10 Å². The van der Waals surface area contributed by atoms with Crippen molar-refractivity contribution in [3.8, 4) is 17.6 Å². The van der Waals surface area contributed by atoms with Crippen molar-refractivity contribution in [2.75, 3.05) is 20.3 Å². The third-order valence-electron chi connectivity index (χ3n) is 4.79. The fraction of sp³-hybridized carbons (Fsp3) is 0.333. The van der Waals surface area contributed by atoms with E-state index in [0.717, 1.165) is 16.9 Å². The number of hydrogen-bond acceptors (Lipinski definition) is 4. The Kier molecular flexibility index (Phi) is 4.71. The number of rotatable bonds is 2. The lowest BCUT2D eigenvalue weighted by Crippen LogP contribution is -2.38. The SMILES string of the molecule is COc1ccc([C@H]2OO[C@H](C#Cc3ccccc3)[C@H]3COC[C@@H]32)cc1. The Labute approximate surface area is 147 Å². The molecule has 4 nitrogen and oxygen atoms in total. The molecule has 0 unspecified atom stereocenters. The summed E-state index contributed by atoms with van der Waals surface area (Å²) in [6, 6.07) is 17.8. The van der Waals surface area contributed by atoms with Crippen molar-refractivity contribution >= 4 is 0 Å². The fourth-order valence-electron chi connectivity index (χ4n) is 3.38. The van der Waals surface area contributed by atoms with Crippen molar-refractivity contribution in [1.29, 1.82) is 0 Å². The lowest BCUT2D eigenvalue weighted by atomic mass is 9.83. The molecule has 0 bridgehead atoms. The molecule has 2 aliphatic rings. The first-order valence-corrected chi connectivity index (χ1v) is 8.45. The monoisotopic (exact) mass is 336 g/mol. The van der Waals surface area contributed by atoms with E-state index in [0.29, 0.717) is 13.2 Å². The van der Waals surface area contributed by atoms with Gasteiger partial charge in [0.05, 0.1) is 20.3 Å². The molecule has 0 spiro atoms. The first kappa shape index (κ1) is 16.2. The smallest absolute Gasteiger partial charge is 0.159 e. The zero-order chi connectivity index (χ0) is 17.1. The highest BCUT2D eigenvalue weighted by Gasteiger charge is 2.45. The van der Waals surface area contributed by atoms with E-state index < -0.39 is 0 Å². The molecule has 2 aromatic rings. The van der Waals surface area contributed by atoms with Gasteiger partial charge in [-0.3, -0.25) is 0 Å². The minimum absolute atomic E-state index is 0.145. The third-order valence-corrected chi connectivity index (χ3v) is 4.79. The molecule has 128 valence electrons. The van der Waals surface area contributed by atoms with E-state index >= 15 is 0 Å². The van der Waals surface area contributed by atoms with E-state index in [2.05, 4.69) is 11.8 Å². The molecule has 0 saturated carbocycles. The second-order valence-corrected chi connectivity index (χ2v) is 6.31. The molecule has 4 atom stereocenters. The standard InChI is InChI=1S/C21H20O4/c1-22-17-10-8-16(9-11-17)21-19-14-23-13-18(19)20(24-25-21)12-7-15-5-3-2-4-6-15/h2-6,8-11,18-21H,13-14H2,1H3/t18-,19-,20+,21+/m0/s1. The molecule has 2 heterocycles. The van der Waals surface area contributed by atoms with Gasteiger partial charge in [0.2, 0.25) is 0 Å². The van der Waals surface area contributed by atoms with Crippen molar-refractivity contribution in [2.24, 2.45) is 11.8 Å². The Balaban J connectivity index is 1.52. The Morgan fingerprint density at radius 2 is 1.68 bits per heavy atom. The predicted molar refractivity (Wildman–Crippen MR) is 92.8 cm³/mol. The van der Waals surface area contributed by atoms with Crippen LogP contribution in [0.4, 0.5) is 0 Å². The quantitative estimate of drug-likeness (QED) is 0.622. The van der Waals surface area contributed by atoms with Gasteiger partial charge in [-0.1, -0.05) is 42.2 Å². The fourth-order valence-corrected chi connectivity index (χ4v) is 3.38. The second-order valence-electron chi connectivity index (χ2n) is 6.31. The average molecular weight is 336 g/mol. The van der Waals surface area contributed by atoms with Gasteiger partial charge in [-0.15, -0.1) is 0 Å². The normalized spacial score (nSPS) is 27.9.